The summed E-state index contributed by atoms with van der Waals surface area (Å²) in [5.41, 5.74) is 0. The second-order valence-corrected chi connectivity index (χ2v) is 5.15. The van der Waals surface area contributed by atoms with Gasteiger partial charge in [0, 0.05) is 23.2 Å². The normalized spacial score (nSPS) is 10.8. The number of amides is 1. The van der Waals surface area contributed by atoms with Gasteiger partial charge in [-0.05, 0) is 24.6 Å². The van der Waals surface area contributed by atoms with Crippen molar-refractivity contribution in [2.75, 3.05) is 13.2 Å². The molecular weight excluding hydrogens is 277 g/mol. The Balaban J connectivity index is 2.28. The Morgan fingerprint density at radius 1 is 1.50 bits per heavy atom. The first-order chi connectivity index (χ1) is 8.63. The van der Waals surface area contributed by atoms with Gasteiger partial charge in [0.1, 0.15) is 10.7 Å². The number of thiophene rings is 1. The van der Waals surface area contributed by atoms with Crippen LogP contribution >= 0.6 is 22.9 Å². The highest BCUT2D eigenvalue weighted by Crippen LogP contribution is 2.35. The molecule has 0 aliphatic carbocycles. The van der Waals surface area contributed by atoms with Crippen molar-refractivity contribution in [2.45, 2.75) is 6.42 Å². The summed E-state index contributed by atoms with van der Waals surface area (Å²) in [7, 11) is 0. The van der Waals surface area contributed by atoms with Gasteiger partial charge in [0.25, 0.3) is 5.91 Å². The number of fused-ring (bicyclic) bond motifs is 1. The van der Waals surface area contributed by atoms with Crippen molar-refractivity contribution in [1.82, 2.24) is 5.32 Å². The minimum absolute atomic E-state index is 0.0195. The fourth-order valence-electron chi connectivity index (χ4n) is 1.55. The molecule has 6 heteroatoms. The monoisotopic (exact) mass is 287 g/mol. The summed E-state index contributed by atoms with van der Waals surface area (Å²) in [5, 5.41) is 12.3. The summed E-state index contributed by atoms with van der Waals surface area (Å²) >= 11 is 7.25. The maximum absolute atomic E-state index is 13.1. The molecule has 0 fully saturated rings. The molecule has 2 aromatic rings. The van der Waals surface area contributed by atoms with E-state index in [0.29, 0.717) is 33.0 Å². The van der Waals surface area contributed by atoms with E-state index in [-0.39, 0.29) is 18.3 Å². The Labute approximate surface area is 112 Å². The summed E-state index contributed by atoms with van der Waals surface area (Å²) in [5.74, 6) is -0.650. The number of rotatable bonds is 4. The van der Waals surface area contributed by atoms with Gasteiger partial charge in [0.2, 0.25) is 0 Å². The standard InChI is InChI=1S/C12H11ClFNO2S/c13-10-8-3-2-7(14)6-9(8)18-11(10)12(17)15-4-1-5-16/h2-3,6,16H,1,4-5H2,(H,15,17). The highest BCUT2D eigenvalue weighted by atomic mass is 35.5. The van der Waals surface area contributed by atoms with E-state index in [1.165, 1.54) is 12.1 Å². The minimum Gasteiger partial charge on any atom is -0.396 e. The van der Waals surface area contributed by atoms with Gasteiger partial charge >= 0.3 is 0 Å². The van der Waals surface area contributed by atoms with E-state index in [4.69, 9.17) is 16.7 Å². The zero-order valence-corrected chi connectivity index (χ0v) is 10.9. The van der Waals surface area contributed by atoms with Crippen LogP contribution in [0.5, 0.6) is 0 Å². The molecule has 0 unspecified atom stereocenters. The van der Waals surface area contributed by atoms with Gasteiger partial charge in [-0.1, -0.05) is 11.6 Å². The molecule has 0 saturated heterocycles. The smallest absolute Gasteiger partial charge is 0.262 e. The maximum Gasteiger partial charge on any atom is 0.262 e. The lowest BCUT2D eigenvalue weighted by atomic mass is 10.2. The molecule has 2 N–H and O–H groups in total. The quantitative estimate of drug-likeness (QED) is 0.850. The van der Waals surface area contributed by atoms with E-state index in [1.54, 1.807) is 6.07 Å². The van der Waals surface area contributed by atoms with Gasteiger partial charge in [-0.2, -0.15) is 0 Å². The number of aliphatic hydroxyl groups is 1. The van der Waals surface area contributed by atoms with Crippen molar-refractivity contribution in [3.8, 4) is 0 Å². The number of aliphatic hydroxyl groups excluding tert-OH is 1. The third-order valence-corrected chi connectivity index (χ3v) is 4.07. The number of nitrogens with one attached hydrogen (secondary N) is 1. The number of carbonyl (C=O) groups is 1. The van der Waals surface area contributed by atoms with Crippen molar-refractivity contribution >= 4 is 38.9 Å². The molecule has 0 radical (unpaired) electrons. The molecule has 2 rings (SSSR count). The number of benzene rings is 1. The van der Waals surface area contributed by atoms with Crippen LogP contribution in [0.3, 0.4) is 0 Å². The van der Waals surface area contributed by atoms with E-state index in [1.807, 2.05) is 0 Å². The summed E-state index contributed by atoms with van der Waals surface area (Å²) in [4.78, 5) is 12.2. The van der Waals surface area contributed by atoms with Gasteiger partial charge < -0.3 is 10.4 Å². The van der Waals surface area contributed by atoms with E-state index >= 15 is 0 Å². The van der Waals surface area contributed by atoms with Crippen LogP contribution in [0.15, 0.2) is 18.2 Å². The van der Waals surface area contributed by atoms with Crippen LogP contribution in [0.4, 0.5) is 4.39 Å². The summed E-state index contributed by atoms with van der Waals surface area (Å²) in [6, 6.07) is 4.23. The fraction of sp³-hybridized carbons (Fsp3) is 0.250. The van der Waals surface area contributed by atoms with Gasteiger partial charge in [0.15, 0.2) is 0 Å². The Hall–Kier alpha value is -1.17. The third-order valence-electron chi connectivity index (χ3n) is 2.42. The molecule has 0 atom stereocenters. The number of hydrogen-bond donors (Lipinski definition) is 2. The number of hydrogen-bond acceptors (Lipinski definition) is 3. The van der Waals surface area contributed by atoms with Crippen LogP contribution in [-0.4, -0.2) is 24.2 Å². The van der Waals surface area contributed by atoms with Crippen LogP contribution in [0.25, 0.3) is 10.1 Å². The lowest BCUT2D eigenvalue weighted by molar-refractivity contribution is 0.0955. The second-order valence-electron chi connectivity index (χ2n) is 3.72. The first-order valence-corrected chi connectivity index (χ1v) is 6.59. The molecule has 1 amide bonds. The summed E-state index contributed by atoms with van der Waals surface area (Å²) < 4.78 is 13.7. The molecule has 18 heavy (non-hydrogen) atoms. The van der Waals surface area contributed by atoms with Crippen LogP contribution < -0.4 is 5.32 Å². The van der Waals surface area contributed by atoms with Crippen LogP contribution in [0, 0.1) is 5.82 Å². The molecule has 1 aromatic carbocycles. The molecule has 1 aromatic heterocycles. The average Bonchev–Trinajstić information content (AvgIpc) is 2.66. The highest BCUT2D eigenvalue weighted by Gasteiger charge is 2.16. The molecule has 1 heterocycles. The molecule has 96 valence electrons. The SMILES string of the molecule is O=C(NCCCO)c1sc2cc(F)ccc2c1Cl. The maximum atomic E-state index is 13.1. The molecule has 0 spiro atoms. The topological polar surface area (TPSA) is 49.3 Å². The van der Waals surface area contributed by atoms with Gasteiger partial charge in [-0.25, -0.2) is 4.39 Å². The summed E-state index contributed by atoms with van der Waals surface area (Å²) in [6.45, 7) is 0.403. The second kappa shape index (κ2) is 5.65. The third kappa shape index (κ3) is 2.63. The van der Waals surface area contributed by atoms with Gasteiger partial charge in [-0.15, -0.1) is 11.3 Å². The average molecular weight is 288 g/mol. The van der Waals surface area contributed by atoms with Gasteiger partial charge in [-0.3, -0.25) is 4.79 Å². The molecule has 3 nitrogen and oxygen atoms in total. The van der Waals surface area contributed by atoms with Crippen LogP contribution in [0.2, 0.25) is 5.02 Å². The first-order valence-electron chi connectivity index (χ1n) is 5.40. The van der Waals surface area contributed by atoms with E-state index in [2.05, 4.69) is 5.32 Å². The number of carbonyl (C=O) groups excluding carboxylic acids is 1. The Morgan fingerprint density at radius 3 is 3.00 bits per heavy atom. The van der Waals surface area contributed by atoms with E-state index in [0.717, 1.165) is 11.3 Å². The zero-order valence-electron chi connectivity index (χ0n) is 9.37. The van der Waals surface area contributed by atoms with Crippen molar-refractivity contribution in [3.63, 3.8) is 0 Å². The van der Waals surface area contributed by atoms with Crippen molar-refractivity contribution in [1.29, 1.82) is 0 Å². The lowest BCUT2D eigenvalue weighted by Crippen LogP contribution is -2.24. The Morgan fingerprint density at radius 2 is 2.28 bits per heavy atom. The van der Waals surface area contributed by atoms with E-state index in [9.17, 15) is 9.18 Å². The molecule has 0 bridgehead atoms. The van der Waals surface area contributed by atoms with Crippen LogP contribution in [-0.2, 0) is 0 Å². The largest absolute Gasteiger partial charge is 0.396 e. The molecular formula is C12H11ClFNO2S. The summed E-state index contributed by atoms with van der Waals surface area (Å²) in [6.07, 6.45) is 0.489. The first kappa shape index (κ1) is 13.3. The van der Waals surface area contributed by atoms with Crippen molar-refractivity contribution in [3.05, 3.63) is 33.9 Å². The molecule has 0 saturated carbocycles. The molecule has 0 aliphatic rings. The predicted octanol–water partition coefficient (Wildman–Crippen LogP) is 2.81. The zero-order chi connectivity index (χ0) is 13.1. The van der Waals surface area contributed by atoms with Crippen LogP contribution in [0.1, 0.15) is 16.1 Å². The van der Waals surface area contributed by atoms with Crippen molar-refractivity contribution in [2.24, 2.45) is 0 Å². The molecule has 0 aliphatic heterocycles. The van der Waals surface area contributed by atoms with Gasteiger partial charge in [0.05, 0.1) is 5.02 Å². The Bertz CT molecular complexity index is 585. The highest BCUT2D eigenvalue weighted by molar-refractivity contribution is 7.21. The minimum atomic E-state index is -0.354. The van der Waals surface area contributed by atoms with E-state index < -0.39 is 0 Å². The van der Waals surface area contributed by atoms with Crippen molar-refractivity contribution < 1.29 is 14.3 Å². The number of halogens is 2. The lowest BCUT2D eigenvalue weighted by Gasteiger charge is -2.01. The predicted molar refractivity (Wildman–Crippen MR) is 70.8 cm³/mol. The Kier molecular flexibility index (Phi) is 4.16. The fourth-order valence-corrected chi connectivity index (χ4v) is 3.00.